The van der Waals surface area contributed by atoms with Crippen LogP contribution >= 0.6 is 11.8 Å². The van der Waals surface area contributed by atoms with Gasteiger partial charge in [0.25, 0.3) is 0 Å². The highest BCUT2D eigenvalue weighted by Gasteiger charge is 2.10. The first kappa shape index (κ1) is 12.2. The van der Waals surface area contributed by atoms with Crippen LogP contribution in [0.5, 0.6) is 0 Å². The quantitative estimate of drug-likeness (QED) is 0.746. The lowest BCUT2D eigenvalue weighted by atomic mass is 10.3. The van der Waals surface area contributed by atoms with E-state index in [1.54, 1.807) is 0 Å². The van der Waals surface area contributed by atoms with Gasteiger partial charge in [0.2, 0.25) is 0 Å². The van der Waals surface area contributed by atoms with E-state index >= 15 is 0 Å². The first-order valence-corrected chi connectivity index (χ1v) is 7.57. The molecular formula is C12H23N3S. The summed E-state index contributed by atoms with van der Waals surface area (Å²) in [5.74, 6) is 1.22. The summed E-state index contributed by atoms with van der Waals surface area (Å²) in [6.45, 7) is 6.10. The predicted molar refractivity (Wildman–Crippen MR) is 72.3 cm³/mol. The summed E-state index contributed by atoms with van der Waals surface area (Å²) in [7, 11) is 0. The second-order valence-electron chi connectivity index (χ2n) is 4.57. The van der Waals surface area contributed by atoms with Crippen molar-refractivity contribution in [3.05, 3.63) is 0 Å². The zero-order valence-corrected chi connectivity index (χ0v) is 10.9. The first-order chi connectivity index (χ1) is 7.95. The number of aliphatic imine (C=N–C) groups is 1. The summed E-state index contributed by atoms with van der Waals surface area (Å²) < 4.78 is 0. The largest absolute Gasteiger partial charge is 0.365 e. The number of unbranched alkanes of at least 4 members (excludes halogenated alkanes) is 1. The number of amidine groups is 1. The highest BCUT2D eigenvalue weighted by Crippen LogP contribution is 2.11. The second kappa shape index (κ2) is 7.17. The molecule has 0 saturated carbocycles. The van der Waals surface area contributed by atoms with E-state index in [0.29, 0.717) is 0 Å². The summed E-state index contributed by atoms with van der Waals surface area (Å²) >= 11 is 1.90. The number of hydrogen-bond acceptors (Lipinski definition) is 4. The summed E-state index contributed by atoms with van der Waals surface area (Å²) in [4.78, 5) is 7.06. The first-order valence-electron chi connectivity index (χ1n) is 6.58. The van der Waals surface area contributed by atoms with E-state index < -0.39 is 0 Å². The second-order valence-corrected chi connectivity index (χ2v) is 5.66. The van der Waals surface area contributed by atoms with E-state index in [0.717, 1.165) is 13.1 Å². The third-order valence-corrected chi connectivity index (χ3v) is 4.21. The SMILES string of the molecule is C1CN=C(SCCCCN2CCCC2)NC1. The van der Waals surface area contributed by atoms with Crippen molar-refractivity contribution in [1.82, 2.24) is 10.2 Å². The van der Waals surface area contributed by atoms with Crippen LogP contribution in [-0.4, -0.2) is 48.5 Å². The van der Waals surface area contributed by atoms with Gasteiger partial charge in [0.05, 0.1) is 0 Å². The van der Waals surface area contributed by atoms with Crippen LogP contribution in [0.2, 0.25) is 0 Å². The molecule has 16 heavy (non-hydrogen) atoms. The highest BCUT2D eigenvalue weighted by atomic mass is 32.2. The van der Waals surface area contributed by atoms with Crippen LogP contribution < -0.4 is 5.32 Å². The van der Waals surface area contributed by atoms with Gasteiger partial charge in [-0.25, -0.2) is 0 Å². The Kier molecular flexibility index (Phi) is 5.49. The average molecular weight is 241 g/mol. The Morgan fingerprint density at radius 2 is 2.06 bits per heavy atom. The van der Waals surface area contributed by atoms with Crippen molar-refractivity contribution < 1.29 is 0 Å². The Bertz CT molecular complexity index is 224. The van der Waals surface area contributed by atoms with Gasteiger partial charge < -0.3 is 10.2 Å². The topological polar surface area (TPSA) is 27.6 Å². The molecule has 0 atom stereocenters. The third kappa shape index (κ3) is 4.34. The molecule has 2 rings (SSSR count). The molecule has 0 spiro atoms. The van der Waals surface area contributed by atoms with Crippen molar-refractivity contribution in [3.63, 3.8) is 0 Å². The van der Waals surface area contributed by atoms with Crippen LogP contribution in [0.4, 0.5) is 0 Å². The lowest BCUT2D eigenvalue weighted by Gasteiger charge is -2.15. The molecule has 2 heterocycles. The van der Waals surface area contributed by atoms with Crippen molar-refractivity contribution in [3.8, 4) is 0 Å². The van der Waals surface area contributed by atoms with Gasteiger partial charge in [-0.1, -0.05) is 11.8 Å². The minimum atomic E-state index is 1.02. The Morgan fingerprint density at radius 3 is 2.81 bits per heavy atom. The number of hydrogen-bond donors (Lipinski definition) is 1. The number of thioether (sulfide) groups is 1. The van der Waals surface area contributed by atoms with Crippen LogP contribution in [0.1, 0.15) is 32.1 Å². The van der Waals surface area contributed by atoms with Crippen molar-refractivity contribution in [2.45, 2.75) is 32.1 Å². The summed E-state index contributed by atoms with van der Waals surface area (Å²) in [5, 5.41) is 4.53. The zero-order chi connectivity index (χ0) is 11.1. The van der Waals surface area contributed by atoms with Gasteiger partial charge in [-0.3, -0.25) is 4.99 Å². The number of rotatable bonds is 5. The lowest BCUT2D eigenvalue weighted by Crippen LogP contribution is -2.27. The monoisotopic (exact) mass is 241 g/mol. The molecule has 0 unspecified atom stereocenters. The minimum absolute atomic E-state index is 1.02. The molecule has 0 aliphatic carbocycles. The van der Waals surface area contributed by atoms with Crippen molar-refractivity contribution in [2.24, 2.45) is 4.99 Å². The molecule has 1 saturated heterocycles. The zero-order valence-electron chi connectivity index (χ0n) is 10.1. The van der Waals surface area contributed by atoms with Gasteiger partial charge in [0.15, 0.2) is 5.17 Å². The van der Waals surface area contributed by atoms with Gasteiger partial charge in [-0.15, -0.1) is 0 Å². The maximum atomic E-state index is 4.46. The van der Waals surface area contributed by atoms with Crippen molar-refractivity contribution >= 4 is 16.9 Å². The fraction of sp³-hybridized carbons (Fsp3) is 0.917. The van der Waals surface area contributed by atoms with E-state index in [1.165, 1.54) is 62.7 Å². The molecule has 0 aromatic heterocycles. The molecule has 0 radical (unpaired) electrons. The minimum Gasteiger partial charge on any atom is -0.365 e. The van der Waals surface area contributed by atoms with E-state index in [-0.39, 0.29) is 0 Å². The molecule has 3 nitrogen and oxygen atoms in total. The van der Waals surface area contributed by atoms with Gasteiger partial charge >= 0.3 is 0 Å². The highest BCUT2D eigenvalue weighted by molar-refractivity contribution is 8.13. The molecule has 1 N–H and O–H groups in total. The summed E-state index contributed by atoms with van der Waals surface area (Å²) in [5.41, 5.74) is 0. The maximum absolute atomic E-state index is 4.46. The van der Waals surface area contributed by atoms with Crippen LogP contribution in [0.15, 0.2) is 4.99 Å². The molecule has 0 amide bonds. The normalized spacial score (nSPS) is 21.9. The molecule has 1 fully saturated rings. The Labute approximate surface area is 103 Å². The molecule has 0 bridgehead atoms. The van der Waals surface area contributed by atoms with Crippen molar-refractivity contribution in [2.75, 3.05) is 38.5 Å². The predicted octanol–water partition coefficient (Wildman–Crippen LogP) is 1.94. The van der Waals surface area contributed by atoms with Crippen LogP contribution in [-0.2, 0) is 0 Å². The molecular weight excluding hydrogens is 218 g/mol. The molecule has 92 valence electrons. The molecule has 0 aromatic carbocycles. The standard InChI is InChI=1S/C12H23N3S/c1-2-9-15(8-1)10-3-4-11-16-12-13-6-5-7-14-12/h1-11H2,(H,13,14). The number of nitrogens with one attached hydrogen (secondary N) is 1. The van der Waals surface area contributed by atoms with E-state index in [9.17, 15) is 0 Å². The van der Waals surface area contributed by atoms with Gasteiger partial charge in [-0.05, 0) is 51.7 Å². The van der Waals surface area contributed by atoms with Gasteiger partial charge in [-0.2, -0.15) is 0 Å². The molecule has 2 aliphatic rings. The van der Waals surface area contributed by atoms with Crippen LogP contribution in [0.3, 0.4) is 0 Å². The fourth-order valence-corrected chi connectivity index (χ4v) is 3.15. The lowest BCUT2D eigenvalue weighted by molar-refractivity contribution is 0.333. The molecule has 2 aliphatic heterocycles. The Balaban J connectivity index is 1.46. The maximum Gasteiger partial charge on any atom is 0.156 e. The number of nitrogens with zero attached hydrogens (tertiary/aromatic N) is 2. The summed E-state index contributed by atoms with van der Waals surface area (Å²) in [6.07, 6.45) is 6.69. The summed E-state index contributed by atoms with van der Waals surface area (Å²) in [6, 6.07) is 0. The van der Waals surface area contributed by atoms with Gasteiger partial charge in [0.1, 0.15) is 0 Å². The average Bonchev–Trinajstić information content (AvgIpc) is 2.83. The smallest absolute Gasteiger partial charge is 0.156 e. The van der Waals surface area contributed by atoms with Crippen LogP contribution in [0, 0.1) is 0 Å². The van der Waals surface area contributed by atoms with E-state index in [1.807, 2.05) is 11.8 Å². The number of likely N-dealkylation sites (tertiary alicyclic amines) is 1. The van der Waals surface area contributed by atoms with E-state index in [2.05, 4.69) is 15.2 Å². The van der Waals surface area contributed by atoms with Crippen LogP contribution in [0.25, 0.3) is 0 Å². The Morgan fingerprint density at radius 1 is 1.19 bits per heavy atom. The molecule has 4 heteroatoms. The molecule has 0 aromatic rings. The van der Waals surface area contributed by atoms with E-state index in [4.69, 9.17) is 0 Å². The third-order valence-electron chi connectivity index (χ3n) is 3.17. The Hall–Kier alpha value is -0.220. The van der Waals surface area contributed by atoms with Gasteiger partial charge in [0, 0.05) is 18.8 Å². The van der Waals surface area contributed by atoms with Crippen molar-refractivity contribution in [1.29, 1.82) is 0 Å². The fourth-order valence-electron chi connectivity index (χ4n) is 2.22.